The Morgan fingerprint density at radius 3 is 2.15 bits per heavy atom. The number of amides is 1. The Kier molecular flexibility index (Phi) is 8.75. The second kappa shape index (κ2) is 12.1. The van der Waals surface area contributed by atoms with Gasteiger partial charge in [0.05, 0.1) is 20.8 Å². The molecule has 6 nitrogen and oxygen atoms in total. The number of halogens is 4. The van der Waals surface area contributed by atoms with Crippen LogP contribution in [0.1, 0.15) is 5.56 Å². The highest BCUT2D eigenvalue weighted by Gasteiger charge is 2.35. The molecule has 0 atom stereocenters. The van der Waals surface area contributed by atoms with Gasteiger partial charge in [0.2, 0.25) is 0 Å². The average Bonchev–Trinajstić information content (AvgIpc) is 3.22. The van der Waals surface area contributed by atoms with Gasteiger partial charge in [-0.1, -0.05) is 57.3 Å². The SMILES string of the molecule is O=C1/C(=C/c2cc(Br)cc(Br)c2OS(=O)(=O)c2ccccc2)SC(=Nc2ccc(Cl)cc2)N1c1ccc(Cl)cc1. The van der Waals surface area contributed by atoms with E-state index < -0.39 is 10.1 Å². The maximum absolute atomic E-state index is 13.8. The van der Waals surface area contributed by atoms with Gasteiger partial charge in [-0.15, -0.1) is 0 Å². The normalized spacial score (nSPS) is 15.7. The number of hydrogen-bond acceptors (Lipinski definition) is 6. The molecule has 0 N–H and O–H groups in total. The van der Waals surface area contributed by atoms with E-state index >= 15 is 0 Å². The number of benzene rings is 4. The Hall–Kier alpha value is -2.60. The number of aliphatic imine (C=N–C) groups is 1. The molecule has 1 amide bonds. The van der Waals surface area contributed by atoms with Crippen LogP contribution in [0.4, 0.5) is 11.4 Å². The first-order valence-electron chi connectivity index (χ1n) is 11.4. The molecule has 40 heavy (non-hydrogen) atoms. The fourth-order valence-electron chi connectivity index (χ4n) is 3.65. The summed E-state index contributed by atoms with van der Waals surface area (Å²) in [6.07, 6.45) is 1.58. The Morgan fingerprint density at radius 1 is 0.875 bits per heavy atom. The molecule has 12 heteroatoms. The molecule has 0 spiro atoms. The number of carbonyl (C=O) groups is 1. The highest BCUT2D eigenvalue weighted by atomic mass is 79.9. The summed E-state index contributed by atoms with van der Waals surface area (Å²) in [7, 11) is -4.15. The zero-order valence-electron chi connectivity index (χ0n) is 20.1. The van der Waals surface area contributed by atoms with Crippen molar-refractivity contribution in [3.05, 3.63) is 120 Å². The monoisotopic (exact) mass is 736 g/mol. The van der Waals surface area contributed by atoms with E-state index in [9.17, 15) is 13.2 Å². The van der Waals surface area contributed by atoms with Crippen molar-refractivity contribution in [1.82, 2.24) is 0 Å². The first-order chi connectivity index (χ1) is 19.1. The quantitative estimate of drug-likeness (QED) is 0.146. The van der Waals surface area contributed by atoms with Crippen LogP contribution in [0.5, 0.6) is 5.75 Å². The highest BCUT2D eigenvalue weighted by Crippen LogP contribution is 2.41. The highest BCUT2D eigenvalue weighted by molar-refractivity contribution is 9.11. The number of rotatable bonds is 6. The molecule has 0 radical (unpaired) electrons. The van der Waals surface area contributed by atoms with Crippen molar-refractivity contribution in [1.29, 1.82) is 0 Å². The summed E-state index contributed by atoms with van der Waals surface area (Å²) in [5.41, 5.74) is 1.53. The van der Waals surface area contributed by atoms with Crippen LogP contribution in [0, 0.1) is 0 Å². The summed E-state index contributed by atoms with van der Waals surface area (Å²) in [6, 6.07) is 24.9. The second-order valence-corrected chi connectivity index (χ2v) is 13.5. The minimum atomic E-state index is -4.15. The van der Waals surface area contributed by atoms with E-state index in [4.69, 9.17) is 27.4 Å². The lowest BCUT2D eigenvalue weighted by molar-refractivity contribution is -0.113. The molecular formula is C28H16Br2Cl2N2O4S2. The van der Waals surface area contributed by atoms with E-state index in [1.54, 1.807) is 84.9 Å². The number of carbonyl (C=O) groups excluding carboxylic acids is 1. The maximum atomic E-state index is 13.8. The van der Waals surface area contributed by atoms with E-state index in [2.05, 4.69) is 36.9 Å². The summed E-state index contributed by atoms with van der Waals surface area (Å²) in [5, 5.41) is 1.48. The first kappa shape index (κ1) is 28.9. The van der Waals surface area contributed by atoms with Gasteiger partial charge in [0.15, 0.2) is 10.9 Å². The molecule has 4 aromatic rings. The molecule has 0 unspecified atom stereocenters. The summed E-state index contributed by atoms with van der Waals surface area (Å²) < 4.78 is 32.7. The summed E-state index contributed by atoms with van der Waals surface area (Å²) in [5.74, 6) is -0.318. The van der Waals surface area contributed by atoms with E-state index in [1.165, 1.54) is 17.0 Å². The maximum Gasteiger partial charge on any atom is 0.339 e. The summed E-state index contributed by atoms with van der Waals surface area (Å²) in [4.78, 5) is 20.2. The van der Waals surface area contributed by atoms with Gasteiger partial charge < -0.3 is 4.18 Å². The number of thioether (sulfide) groups is 1. The second-order valence-electron chi connectivity index (χ2n) is 8.25. The standard InChI is InChI=1S/C28H16Br2Cl2N2O4S2/c29-18-14-17(26(24(30)16-18)38-40(36,37)23-4-2-1-3-5-23)15-25-27(35)34(22-12-8-20(32)9-13-22)28(39-25)33-21-10-6-19(31)7-11-21/h1-16H/b25-15-,33-28?. The van der Waals surface area contributed by atoms with Crippen LogP contribution in [0.2, 0.25) is 10.0 Å². The van der Waals surface area contributed by atoms with Gasteiger partial charge in [0.25, 0.3) is 5.91 Å². The van der Waals surface area contributed by atoms with E-state index in [-0.39, 0.29) is 16.6 Å². The van der Waals surface area contributed by atoms with Crippen molar-refractivity contribution in [2.45, 2.75) is 4.90 Å². The lowest BCUT2D eigenvalue weighted by atomic mass is 10.2. The molecule has 4 aromatic carbocycles. The Balaban J connectivity index is 1.59. The average molecular weight is 739 g/mol. The van der Waals surface area contributed by atoms with Crippen molar-refractivity contribution in [3.63, 3.8) is 0 Å². The van der Waals surface area contributed by atoms with E-state index in [0.717, 1.165) is 11.8 Å². The van der Waals surface area contributed by atoms with Crippen molar-refractivity contribution in [2.24, 2.45) is 4.99 Å². The molecule has 1 saturated heterocycles. The van der Waals surface area contributed by atoms with Gasteiger partial charge >= 0.3 is 10.1 Å². The first-order valence-corrected chi connectivity index (χ1v) is 16.0. The van der Waals surface area contributed by atoms with Gasteiger partial charge in [-0.05, 0) is 107 Å². The minimum Gasteiger partial charge on any atom is -0.377 e. The molecule has 0 aromatic heterocycles. The predicted molar refractivity (Wildman–Crippen MR) is 169 cm³/mol. The molecule has 5 rings (SSSR count). The third-order valence-corrected chi connectivity index (χ3v) is 9.25. The topological polar surface area (TPSA) is 76.0 Å². The van der Waals surface area contributed by atoms with Gasteiger partial charge in [0, 0.05) is 20.1 Å². The van der Waals surface area contributed by atoms with Crippen molar-refractivity contribution < 1.29 is 17.4 Å². The predicted octanol–water partition coefficient (Wildman–Crippen LogP) is 9.09. The van der Waals surface area contributed by atoms with Crippen LogP contribution in [-0.4, -0.2) is 19.5 Å². The number of nitrogens with zero attached hydrogens (tertiary/aromatic N) is 2. The van der Waals surface area contributed by atoms with Crippen LogP contribution in [0.25, 0.3) is 6.08 Å². The van der Waals surface area contributed by atoms with Crippen molar-refractivity contribution in [2.75, 3.05) is 4.90 Å². The van der Waals surface area contributed by atoms with Crippen LogP contribution in [0.3, 0.4) is 0 Å². The Bertz CT molecular complexity index is 1770. The largest absolute Gasteiger partial charge is 0.377 e. The van der Waals surface area contributed by atoms with Crippen LogP contribution < -0.4 is 9.08 Å². The Labute approximate surface area is 262 Å². The zero-order valence-corrected chi connectivity index (χ0v) is 26.4. The smallest absolute Gasteiger partial charge is 0.339 e. The third kappa shape index (κ3) is 6.48. The molecular weight excluding hydrogens is 723 g/mol. The lowest BCUT2D eigenvalue weighted by Crippen LogP contribution is -2.28. The van der Waals surface area contributed by atoms with Gasteiger partial charge in [-0.2, -0.15) is 8.42 Å². The fourth-order valence-corrected chi connectivity index (χ4v) is 7.34. The van der Waals surface area contributed by atoms with Crippen LogP contribution in [-0.2, 0) is 14.9 Å². The zero-order chi connectivity index (χ0) is 28.4. The van der Waals surface area contributed by atoms with E-state index in [0.29, 0.717) is 46.0 Å². The molecule has 1 heterocycles. The van der Waals surface area contributed by atoms with Crippen LogP contribution in [0.15, 0.2) is 115 Å². The number of amidine groups is 1. The molecule has 202 valence electrons. The summed E-state index contributed by atoms with van der Waals surface area (Å²) >= 11 is 20.1. The lowest BCUT2D eigenvalue weighted by Gasteiger charge is -2.16. The number of anilines is 1. The van der Waals surface area contributed by atoms with Gasteiger partial charge in [-0.3, -0.25) is 9.69 Å². The molecule has 0 saturated carbocycles. The fraction of sp³-hybridized carbons (Fsp3) is 0. The van der Waals surface area contributed by atoms with Crippen molar-refractivity contribution >= 4 is 105 Å². The van der Waals surface area contributed by atoms with E-state index in [1.807, 2.05) is 0 Å². The van der Waals surface area contributed by atoms with Crippen molar-refractivity contribution in [3.8, 4) is 5.75 Å². The molecule has 0 aliphatic carbocycles. The molecule has 0 bridgehead atoms. The Morgan fingerprint density at radius 2 is 1.50 bits per heavy atom. The third-order valence-electron chi connectivity index (χ3n) is 5.49. The van der Waals surface area contributed by atoms with Gasteiger partial charge in [0.1, 0.15) is 4.90 Å². The van der Waals surface area contributed by atoms with Gasteiger partial charge in [-0.25, -0.2) is 4.99 Å². The van der Waals surface area contributed by atoms with Crippen LogP contribution >= 0.6 is 66.8 Å². The summed E-state index contributed by atoms with van der Waals surface area (Å²) in [6.45, 7) is 0. The molecule has 1 aliphatic rings. The number of hydrogen-bond donors (Lipinski definition) is 0. The minimum absolute atomic E-state index is 0.000960. The molecule has 1 aliphatic heterocycles. The molecule has 1 fully saturated rings.